The summed E-state index contributed by atoms with van der Waals surface area (Å²) in [6, 6.07) is 18.2. The summed E-state index contributed by atoms with van der Waals surface area (Å²) >= 11 is 0. The Labute approximate surface area is 179 Å². The predicted octanol–water partition coefficient (Wildman–Crippen LogP) is -0.301. The van der Waals surface area contributed by atoms with Gasteiger partial charge in [0.25, 0.3) is 0 Å². The predicted molar refractivity (Wildman–Crippen MR) is 103 cm³/mol. The molecular weight excluding hydrogens is 306 g/mol. The molecule has 0 aliphatic carbocycles. The molecule has 25 heavy (non-hydrogen) atoms. The molecule has 0 atom stereocenters. The largest absolute Gasteiger partial charge is 1.00 e. The van der Waals surface area contributed by atoms with Crippen LogP contribution in [0.1, 0.15) is 49.9 Å². The molecule has 0 saturated carbocycles. The quantitative estimate of drug-likeness (QED) is 0.676. The molecule has 0 fully saturated rings. The van der Waals surface area contributed by atoms with Crippen LogP contribution >= 0.6 is 0 Å². The molecule has 1 aliphatic heterocycles. The molecule has 0 N–H and O–H groups in total. The first-order valence-electron chi connectivity index (χ1n) is 8.51. The molecule has 1 aliphatic rings. The maximum atomic E-state index is 2.29. The van der Waals surface area contributed by atoms with E-state index in [1.54, 1.807) is 0 Å². The van der Waals surface area contributed by atoms with Crippen molar-refractivity contribution in [2.24, 2.45) is 0 Å². The minimum Gasteiger partial charge on any atom is -0.406 e. The van der Waals surface area contributed by atoms with Crippen molar-refractivity contribution in [1.82, 2.24) is 0 Å². The van der Waals surface area contributed by atoms with E-state index in [-0.39, 0.29) is 37.7 Å². The normalized spacial score (nSPS) is 13.3. The van der Waals surface area contributed by atoms with Crippen molar-refractivity contribution in [3.63, 3.8) is 0 Å². The van der Waals surface area contributed by atoms with Crippen LogP contribution in [0.3, 0.4) is 0 Å². The van der Waals surface area contributed by atoms with Crippen LogP contribution in [0, 0.1) is 0 Å². The summed E-state index contributed by atoms with van der Waals surface area (Å²) in [4.78, 5) is 0. The van der Waals surface area contributed by atoms with E-state index < -0.39 is 0 Å². The number of aryl methyl sites for hydroxylation is 2. The topological polar surface area (TPSA) is 0 Å². The van der Waals surface area contributed by atoms with Crippen LogP contribution in [0.2, 0.25) is 0 Å². The fourth-order valence-corrected chi connectivity index (χ4v) is 4.67. The van der Waals surface area contributed by atoms with Gasteiger partial charge in [0.2, 0.25) is 0 Å². The van der Waals surface area contributed by atoms with Crippen LogP contribution in [-0.2, 0) is 12.8 Å². The van der Waals surface area contributed by atoms with Gasteiger partial charge >= 0.3 is 37.7 Å². The summed E-state index contributed by atoms with van der Waals surface area (Å²) in [5, 5.41) is 3.03. The van der Waals surface area contributed by atoms with Crippen molar-refractivity contribution in [2.45, 2.75) is 40.5 Å². The van der Waals surface area contributed by atoms with Crippen molar-refractivity contribution in [2.75, 3.05) is 0 Å². The second-order valence-corrected chi connectivity index (χ2v) is 7.98. The summed E-state index contributed by atoms with van der Waals surface area (Å²) < 4.78 is 0. The van der Waals surface area contributed by atoms with Crippen molar-refractivity contribution in [3.8, 4) is 0 Å². The molecule has 0 bridgehead atoms. The van der Waals surface area contributed by atoms with E-state index in [1.165, 1.54) is 43.8 Å². The Bertz CT molecular complexity index is 701. The monoisotopic (exact) mass is 330 g/mol. The van der Waals surface area contributed by atoms with Gasteiger partial charge < -0.3 is 9.52 Å². The number of hydrogen-bond acceptors (Lipinski definition) is 0. The van der Waals surface area contributed by atoms with Gasteiger partial charge in [0, 0.05) is 0 Å². The summed E-state index contributed by atoms with van der Waals surface area (Å²) in [5.41, 5.74) is 8.43. The van der Waals surface area contributed by atoms with Crippen molar-refractivity contribution in [3.05, 3.63) is 81.2 Å². The Balaban J connectivity index is 0.00000156. The number of rotatable bonds is 4. The molecule has 0 spiro atoms. The van der Waals surface area contributed by atoms with Crippen LogP contribution in [0.15, 0.2) is 58.9 Å². The summed E-state index contributed by atoms with van der Waals surface area (Å²) in [5.74, 6) is 0. The Morgan fingerprint density at radius 1 is 0.600 bits per heavy atom. The molecule has 0 nitrogen and oxygen atoms in total. The first-order chi connectivity index (χ1) is 11.1. The summed E-state index contributed by atoms with van der Waals surface area (Å²) in [7, 11) is 0.822. The molecule has 1 heterocycles. The zero-order valence-electron chi connectivity index (χ0n) is 16.5. The van der Waals surface area contributed by atoms with E-state index in [0.29, 0.717) is 0 Å². The van der Waals surface area contributed by atoms with Crippen LogP contribution < -0.4 is 37.7 Å². The van der Waals surface area contributed by atoms with E-state index in [9.17, 15) is 0 Å². The molecule has 3 heteroatoms. The van der Waals surface area contributed by atoms with Crippen molar-refractivity contribution < 1.29 is 37.7 Å². The van der Waals surface area contributed by atoms with E-state index in [0.717, 1.165) is 22.4 Å². The average Bonchev–Trinajstić information content (AvgIpc) is 2.89. The van der Waals surface area contributed by atoms with Crippen LogP contribution in [0.5, 0.6) is 0 Å². The molecule has 0 saturated heterocycles. The third kappa shape index (κ3) is 4.74. The fourth-order valence-electron chi connectivity index (χ4n) is 3.32. The van der Waals surface area contributed by atoms with Gasteiger partial charge in [0.05, 0.1) is 0 Å². The van der Waals surface area contributed by atoms with Gasteiger partial charge in [-0.25, -0.2) is 10.4 Å². The molecule has 117 valence electrons. The summed E-state index contributed by atoms with van der Waals surface area (Å²) in [6.07, 6.45) is 2.19. The first-order valence-corrected chi connectivity index (χ1v) is 9.51. The third-order valence-electron chi connectivity index (χ3n) is 4.68. The first kappa shape index (κ1) is 22.4. The Morgan fingerprint density at radius 3 is 1.20 bits per heavy atom. The Kier molecular flexibility index (Phi) is 8.83. The average molecular weight is 330 g/mol. The molecule has 0 amide bonds. The standard InChI is InChI=1S/C22H24Si.2Li/c1-5-17-7-11-19(12-8-17)21-15(3)23-16(4)22(21)20-13-9-18(6-2)10-14-20;;/h7-14H,5-6H2,1-4H3;;/q-1;2*+1. The molecule has 1 radical (unpaired) electrons. The second kappa shape index (κ2) is 9.87. The molecule has 0 unspecified atom stereocenters. The van der Waals surface area contributed by atoms with E-state index in [1.807, 2.05) is 0 Å². The van der Waals surface area contributed by atoms with Gasteiger partial charge in [-0.3, -0.25) is 0 Å². The second-order valence-electron chi connectivity index (χ2n) is 6.23. The fraction of sp³-hybridized carbons (Fsp3) is 0.273. The van der Waals surface area contributed by atoms with Crippen molar-refractivity contribution in [1.29, 1.82) is 0 Å². The number of hydrogen-bond donors (Lipinski definition) is 0. The smallest absolute Gasteiger partial charge is 0.406 e. The van der Waals surface area contributed by atoms with Gasteiger partial charge in [-0.2, -0.15) is 0 Å². The van der Waals surface area contributed by atoms with Crippen LogP contribution in [0.25, 0.3) is 11.1 Å². The minimum atomic E-state index is 0. The van der Waals surface area contributed by atoms with Gasteiger partial charge in [-0.15, -0.1) is 0 Å². The van der Waals surface area contributed by atoms with E-state index in [2.05, 4.69) is 76.2 Å². The third-order valence-corrected chi connectivity index (χ3v) is 5.93. The number of allylic oxidation sites excluding steroid dienone is 4. The van der Waals surface area contributed by atoms with E-state index in [4.69, 9.17) is 0 Å². The van der Waals surface area contributed by atoms with Gasteiger partial charge in [-0.05, 0) is 35.1 Å². The molecule has 2 aromatic carbocycles. The SMILES string of the molecule is CCc1ccc(C2=C(C)[Si-]C(C)=C2c2ccc(CC)cc2)cc1.[Li+].[Li+]. The van der Waals surface area contributed by atoms with Gasteiger partial charge in [0.1, 0.15) is 0 Å². The van der Waals surface area contributed by atoms with Crippen molar-refractivity contribution >= 4 is 20.7 Å². The Morgan fingerprint density at radius 2 is 0.920 bits per heavy atom. The number of benzene rings is 2. The molecular formula is C22H24Li2Si+. The molecule has 3 rings (SSSR count). The maximum Gasteiger partial charge on any atom is 1.00 e. The zero-order chi connectivity index (χ0) is 16.4. The zero-order valence-corrected chi connectivity index (χ0v) is 17.5. The maximum absolute atomic E-state index is 2.29. The molecule has 0 aromatic heterocycles. The Hall–Kier alpha value is -0.668. The van der Waals surface area contributed by atoms with Crippen LogP contribution in [-0.4, -0.2) is 9.52 Å². The van der Waals surface area contributed by atoms with Crippen LogP contribution in [0.4, 0.5) is 0 Å². The molecule has 2 aromatic rings. The summed E-state index contributed by atoms with van der Waals surface area (Å²) in [6.45, 7) is 9.00. The van der Waals surface area contributed by atoms with E-state index >= 15 is 0 Å². The van der Waals surface area contributed by atoms with Gasteiger partial charge in [-0.1, -0.05) is 87.4 Å². The minimum absolute atomic E-state index is 0. The van der Waals surface area contributed by atoms with Gasteiger partial charge in [0.15, 0.2) is 0 Å².